The summed E-state index contributed by atoms with van der Waals surface area (Å²) in [5, 5.41) is 0. The van der Waals surface area contributed by atoms with E-state index < -0.39 is 0 Å². The van der Waals surface area contributed by atoms with Crippen LogP contribution in [0.2, 0.25) is 0 Å². The molecule has 2 N–H and O–H groups in total. The van der Waals surface area contributed by atoms with Crippen LogP contribution in [0.25, 0.3) is 0 Å². The van der Waals surface area contributed by atoms with Crippen molar-refractivity contribution in [2.75, 3.05) is 19.7 Å². The molecule has 1 aliphatic heterocycles. The first-order valence-corrected chi connectivity index (χ1v) is 7.21. The van der Waals surface area contributed by atoms with Crippen molar-refractivity contribution in [2.24, 2.45) is 11.7 Å². The van der Waals surface area contributed by atoms with Crippen LogP contribution in [-0.2, 0) is 9.53 Å². The smallest absolute Gasteiger partial charge is 0.253 e. The van der Waals surface area contributed by atoms with E-state index in [4.69, 9.17) is 10.5 Å². The lowest BCUT2D eigenvalue weighted by atomic mass is 9.90. The van der Waals surface area contributed by atoms with Gasteiger partial charge >= 0.3 is 0 Å². The number of hydrogen-bond acceptors (Lipinski definition) is 3. The Labute approximate surface area is 115 Å². The van der Waals surface area contributed by atoms with Crippen molar-refractivity contribution >= 4 is 5.91 Å². The Morgan fingerprint density at radius 1 is 1.47 bits per heavy atom. The summed E-state index contributed by atoms with van der Waals surface area (Å²) in [7, 11) is 0. The first-order chi connectivity index (χ1) is 9.13. The highest BCUT2D eigenvalue weighted by Crippen LogP contribution is 2.28. The number of carbonyl (C=O) groups excluding carboxylic acids is 1. The molecule has 1 fully saturated rings. The minimum atomic E-state index is 0.132. The Bertz CT molecular complexity index is 393. The number of piperidine rings is 1. The summed E-state index contributed by atoms with van der Waals surface area (Å²) in [6.07, 6.45) is 6.72. The van der Waals surface area contributed by atoms with E-state index in [0.717, 1.165) is 43.7 Å². The predicted octanol–water partition coefficient (Wildman–Crippen LogP) is 1.82. The topological polar surface area (TPSA) is 55.6 Å². The highest BCUT2D eigenvalue weighted by Gasteiger charge is 2.29. The zero-order valence-electron chi connectivity index (χ0n) is 11.9. The number of rotatable bonds is 3. The van der Waals surface area contributed by atoms with Gasteiger partial charge in [0.2, 0.25) is 0 Å². The molecule has 0 bridgehead atoms. The summed E-state index contributed by atoms with van der Waals surface area (Å²) in [6, 6.07) is 0.244. The number of ether oxygens (including phenoxy) is 1. The summed E-state index contributed by atoms with van der Waals surface area (Å²) in [5.74, 6) is 1.11. The number of likely N-dealkylation sites (tertiary alicyclic amines) is 1. The maximum atomic E-state index is 12.7. The number of nitrogens with zero attached hydrogens (tertiary/aromatic N) is 1. The van der Waals surface area contributed by atoms with Gasteiger partial charge in [0.1, 0.15) is 5.76 Å². The standard InChI is InChI=1S/C15H24N2O2/c1-3-19-13-6-4-5-11(2)14(13)15(18)17-9-7-12(16)8-10-17/h4,6,11-12H,3,5,7-10,16H2,1-2H3. The monoisotopic (exact) mass is 264 g/mol. The van der Waals surface area contributed by atoms with E-state index in [1.807, 2.05) is 17.9 Å². The summed E-state index contributed by atoms with van der Waals surface area (Å²) >= 11 is 0. The summed E-state index contributed by atoms with van der Waals surface area (Å²) < 4.78 is 5.62. The highest BCUT2D eigenvalue weighted by atomic mass is 16.5. The quantitative estimate of drug-likeness (QED) is 0.846. The van der Waals surface area contributed by atoms with Gasteiger partial charge in [-0.1, -0.05) is 13.0 Å². The molecule has 1 heterocycles. The van der Waals surface area contributed by atoms with Gasteiger partial charge in [-0.2, -0.15) is 0 Å². The number of amides is 1. The van der Waals surface area contributed by atoms with E-state index in [0.29, 0.717) is 6.61 Å². The summed E-state index contributed by atoms with van der Waals surface area (Å²) in [6.45, 7) is 6.15. The van der Waals surface area contributed by atoms with E-state index in [-0.39, 0.29) is 17.9 Å². The number of carbonyl (C=O) groups is 1. The third-order valence-electron chi connectivity index (χ3n) is 3.87. The van der Waals surface area contributed by atoms with Crippen LogP contribution in [0.4, 0.5) is 0 Å². The molecule has 4 heteroatoms. The molecule has 0 spiro atoms. The molecule has 19 heavy (non-hydrogen) atoms. The molecule has 106 valence electrons. The zero-order valence-corrected chi connectivity index (χ0v) is 11.9. The Balaban J connectivity index is 2.16. The Morgan fingerprint density at radius 2 is 2.16 bits per heavy atom. The number of allylic oxidation sites excluding steroid dienone is 2. The fourth-order valence-electron chi connectivity index (χ4n) is 2.70. The van der Waals surface area contributed by atoms with Gasteiger partial charge in [-0.25, -0.2) is 0 Å². The Hall–Kier alpha value is -1.29. The zero-order chi connectivity index (χ0) is 13.8. The minimum absolute atomic E-state index is 0.132. The lowest BCUT2D eigenvalue weighted by Crippen LogP contribution is -2.44. The maximum Gasteiger partial charge on any atom is 0.253 e. The molecule has 2 aliphatic rings. The van der Waals surface area contributed by atoms with Crippen molar-refractivity contribution in [2.45, 2.75) is 39.2 Å². The normalized spacial score (nSPS) is 24.8. The van der Waals surface area contributed by atoms with Gasteiger partial charge < -0.3 is 15.4 Å². The molecule has 2 rings (SSSR count). The van der Waals surface area contributed by atoms with Crippen molar-refractivity contribution < 1.29 is 9.53 Å². The minimum Gasteiger partial charge on any atom is -0.493 e. The summed E-state index contributed by atoms with van der Waals surface area (Å²) in [4.78, 5) is 14.6. The first-order valence-electron chi connectivity index (χ1n) is 7.21. The molecular weight excluding hydrogens is 240 g/mol. The largest absolute Gasteiger partial charge is 0.493 e. The molecule has 1 amide bonds. The van der Waals surface area contributed by atoms with Crippen LogP contribution in [0, 0.1) is 5.92 Å². The van der Waals surface area contributed by atoms with E-state index in [1.165, 1.54) is 0 Å². The van der Waals surface area contributed by atoms with E-state index in [9.17, 15) is 4.79 Å². The SMILES string of the molecule is CCOC1=C(C(=O)N2CCC(N)CC2)C(C)CC=C1. The fourth-order valence-corrected chi connectivity index (χ4v) is 2.70. The second kappa shape index (κ2) is 6.24. The van der Waals surface area contributed by atoms with Gasteiger partial charge in [0.05, 0.1) is 12.2 Å². The molecule has 0 aromatic heterocycles. The van der Waals surface area contributed by atoms with Crippen LogP contribution in [0.1, 0.15) is 33.1 Å². The third kappa shape index (κ3) is 3.18. The van der Waals surface area contributed by atoms with Crippen molar-refractivity contribution in [3.8, 4) is 0 Å². The maximum absolute atomic E-state index is 12.7. The fraction of sp³-hybridized carbons (Fsp3) is 0.667. The second-order valence-electron chi connectivity index (χ2n) is 5.38. The molecule has 1 unspecified atom stereocenters. The lowest BCUT2D eigenvalue weighted by molar-refractivity contribution is -0.129. The molecule has 1 aliphatic carbocycles. The lowest BCUT2D eigenvalue weighted by Gasteiger charge is -2.33. The van der Waals surface area contributed by atoms with Crippen LogP contribution in [-0.4, -0.2) is 36.5 Å². The molecule has 0 radical (unpaired) electrons. The van der Waals surface area contributed by atoms with Crippen molar-refractivity contribution in [1.29, 1.82) is 0 Å². The second-order valence-corrected chi connectivity index (χ2v) is 5.38. The van der Waals surface area contributed by atoms with Crippen LogP contribution in [0.15, 0.2) is 23.5 Å². The first kappa shape index (κ1) is 14.1. The number of hydrogen-bond donors (Lipinski definition) is 1. The van der Waals surface area contributed by atoms with Crippen molar-refractivity contribution in [1.82, 2.24) is 4.90 Å². The van der Waals surface area contributed by atoms with Crippen LogP contribution >= 0.6 is 0 Å². The van der Waals surface area contributed by atoms with Gasteiger partial charge in [-0.3, -0.25) is 4.79 Å². The Kier molecular flexibility index (Phi) is 4.64. The Morgan fingerprint density at radius 3 is 2.79 bits per heavy atom. The average Bonchev–Trinajstić information content (AvgIpc) is 2.39. The van der Waals surface area contributed by atoms with Crippen molar-refractivity contribution in [3.63, 3.8) is 0 Å². The predicted molar refractivity (Wildman–Crippen MR) is 75.4 cm³/mol. The van der Waals surface area contributed by atoms with Gasteiger partial charge in [0.25, 0.3) is 5.91 Å². The number of nitrogens with two attached hydrogens (primary N) is 1. The molecule has 1 saturated heterocycles. The van der Waals surface area contributed by atoms with Gasteiger partial charge in [0.15, 0.2) is 0 Å². The van der Waals surface area contributed by atoms with Crippen LogP contribution < -0.4 is 5.73 Å². The molecular formula is C15H24N2O2. The van der Waals surface area contributed by atoms with E-state index >= 15 is 0 Å². The van der Waals surface area contributed by atoms with Crippen molar-refractivity contribution in [3.05, 3.63) is 23.5 Å². The third-order valence-corrected chi connectivity index (χ3v) is 3.87. The van der Waals surface area contributed by atoms with Gasteiger partial charge in [-0.15, -0.1) is 0 Å². The molecule has 1 atom stereocenters. The molecule has 0 saturated carbocycles. The molecule has 0 aromatic carbocycles. The highest BCUT2D eigenvalue weighted by molar-refractivity contribution is 5.95. The van der Waals surface area contributed by atoms with Gasteiger partial charge in [0, 0.05) is 19.1 Å². The van der Waals surface area contributed by atoms with Crippen LogP contribution in [0.3, 0.4) is 0 Å². The van der Waals surface area contributed by atoms with Gasteiger partial charge in [-0.05, 0) is 38.2 Å². The summed E-state index contributed by atoms with van der Waals surface area (Å²) in [5.41, 5.74) is 6.73. The average molecular weight is 264 g/mol. The van der Waals surface area contributed by atoms with E-state index in [2.05, 4.69) is 13.0 Å². The van der Waals surface area contributed by atoms with Crippen LogP contribution in [0.5, 0.6) is 0 Å². The van der Waals surface area contributed by atoms with E-state index in [1.54, 1.807) is 0 Å². The molecule has 0 aromatic rings. The molecule has 4 nitrogen and oxygen atoms in total.